The van der Waals surface area contributed by atoms with E-state index in [1.807, 2.05) is 24.5 Å². The van der Waals surface area contributed by atoms with Gasteiger partial charge < -0.3 is 24.6 Å². The van der Waals surface area contributed by atoms with Gasteiger partial charge in [0.25, 0.3) is 0 Å². The number of likely N-dealkylation sites (tertiary alicyclic amines) is 1. The van der Waals surface area contributed by atoms with E-state index in [1.54, 1.807) is 0 Å². The van der Waals surface area contributed by atoms with Crippen molar-refractivity contribution in [1.29, 1.82) is 0 Å². The maximum absolute atomic E-state index is 10.6. The summed E-state index contributed by atoms with van der Waals surface area (Å²) in [5.41, 5.74) is 2.59. The Hall–Kier alpha value is -3.23. The van der Waals surface area contributed by atoms with E-state index in [-0.39, 0.29) is 11.7 Å². The summed E-state index contributed by atoms with van der Waals surface area (Å²) in [5.74, 6) is -5.51. The molecule has 4 rings (SSSR count). The van der Waals surface area contributed by atoms with E-state index >= 15 is 0 Å². The lowest BCUT2D eigenvalue weighted by atomic mass is 9.89. The second-order valence-electron chi connectivity index (χ2n) is 9.21. The lowest BCUT2D eigenvalue weighted by Crippen LogP contribution is -2.48. The number of hydrogen-bond acceptors (Lipinski definition) is 6. The molecule has 2 N–H and O–H groups in total. The van der Waals surface area contributed by atoms with Crippen molar-refractivity contribution < 1.29 is 55.6 Å². The van der Waals surface area contributed by atoms with Crippen LogP contribution in [0.5, 0.6) is 0 Å². The van der Waals surface area contributed by atoms with E-state index < -0.39 is 24.3 Å². The average molecular weight is 581 g/mol. The largest absolute Gasteiger partial charge is 0.490 e. The van der Waals surface area contributed by atoms with Crippen LogP contribution in [0.3, 0.4) is 0 Å². The van der Waals surface area contributed by atoms with E-state index in [1.165, 1.54) is 24.1 Å². The van der Waals surface area contributed by atoms with E-state index in [4.69, 9.17) is 29.3 Å². The molecule has 222 valence electrons. The zero-order valence-electron chi connectivity index (χ0n) is 21.3. The van der Waals surface area contributed by atoms with Crippen molar-refractivity contribution in [3.8, 4) is 0 Å². The van der Waals surface area contributed by atoms with Crippen LogP contribution in [0, 0.1) is 0 Å². The maximum Gasteiger partial charge on any atom is 0.490 e. The first-order chi connectivity index (χ1) is 18.7. The second kappa shape index (κ2) is 15.0. The number of ether oxygens (including phenoxy) is 2. The summed E-state index contributed by atoms with van der Waals surface area (Å²) in [6.07, 6.45) is -1.83. The minimum Gasteiger partial charge on any atom is -0.475 e. The van der Waals surface area contributed by atoms with Crippen LogP contribution in [0.1, 0.15) is 30.4 Å². The van der Waals surface area contributed by atoms with Crippen molar-refractivity contribution in [2.45, 2.75) is 56.3 Å². The van der Waals surface area contributed by atoms with Crippen LogP contribution in [0.15, 0.2) is 54.9 Å². The molecule has 0 radical (unpaired) electrons. The molecule has 0 aliphatic carbocycles. The predicted molar refractivity (Wildman–Crippen MR) is 129 cm³/mol. The summed E-state index contributed by atoms with van der Waals surface area (Å²) in [6, 6.07) is 14.8. The van der Waals surface area contributed by atoms with Crippen LogP contribution < -0.4 is 0 Å². The Morgan fingerprint density at radius 3 is 2.10 bits per heavy atom. The summed E-state index contributed by atoms with van der Waals surface area (Å²) in [7, 11) is 0. The Kier molecular flexibility index (Phi) is 12.3. The SMILES string of the molecule is O=C(O)C(F)(F)F.O=C(O)C(F)(F)F.c1ccc(CCN2CCC[C@]3(C[C@H](OCc4ccncc4)CO3)C2)cc1. The number of carboxylic acids is 2. The van der Waals surface area contributed by atoms with Gasteiger partial charge in [0, 0.05) is 31.9 Å². The quantitative estimate of drug-likeness (QED) is 0.473. The first kappa shape index (κ1) is 33.0. The molecule has 0 bridgehead atoms. The number of rotatable bonds is 6. The highest BCUT2D eigenvalue weighted by Gasteiger charge is 2.43. The molecule has 2 aliphatic rings. The van der Waals surface area contributed by atoms with Gasteiger partial charge in [-0.1, -0.05) is 30.3 Å². The lowest BCUT2D eigenvalue weighted by Gasteiger charge is -2.39. The predicted octanol–water partition coefficient (Wildman–Crippen LogP) is 4.73. The highest BCUT2D eigenvalue weighted by atomic mass is 19.4. The third-order valence-electron chi connectivity index (χ3n) is 6.07. The number of halogens is 6. The van der Waals surface area contributed by atoms with E-state index in [0.29, 0.717) is 6.61 Å². The molecule has 14 heteroatoms. The molecule has 1 aromatic heterocycles. The smallest absolute Gasteiger partial charge is 0.475 e. The number of pyridine rings is 1. The summed E-state index contributed by atoms with van der Waals surface area (Å²) < 4.78 is 75.9. The molecule has 3 heterocycles. The average Bonchev–Trinajstić information content (AvgIpc) is 3.29. The molecule has 2 fully saturated rings. The van der Waals surface area contributed by atoms with E-state index in [0.717, 1.165) is 39.0 Å². The number of benzene rings is 1. The molecular weight excluding hydrogens is 550 g/mol. The Balaban J connectivity index is 0.000000333. The monoisotopic (exact) mass is 580 g/mol. The Morgan fingerprint density at radius 1 is 0.975 bits per heavy atom. The molecule has 0 saturated carbocycles. The van der Waals surface area contributed by atoms with E-state index in [2.05, 4.69) is 40.2 Å². The summed E-state index contributed by atoms with van der Waals surface area (Å²) in [5, 5.41) is 14.2. The topological polar surface area (TPSA) is 109 Å². The molecule has 1 spiro atoms. The molecule has 0 unspecified atom stereocenters. The molecule has 2 saturated heterocycles. The number of aliphatic carboxylic acids is 2. The van der Waals surface area contributed by atoms with Gasteiger partial charge in [0.2, 0.25) is 0 Å². The van der Waals surface area contributed by atoms with Crippen molar-refractivity contribution in [2.75, 3.05) is 26.2 Å². The van der Waals surface area contributed by atoms with E-state index in [9.17, 15) is 26.3 Å². The first-order valence-electron chi connectivity index (χ1n) is 12.2. The Morgan fingerprint density at radius 2 is 1.55 bits per heavy atom. The molecule has 1 aromatic carbocycles. The van der Waals surface area contributed by atoms with Gasteiger partial charge in [0.1, 0.15) is 0 Å². The van der Waals surface area contributed by atoms with Crippen molar-refractivity contribution >= 4 is 11.9 Å². The minimum atomic E-state index is -5.08. The van der Waals surface area contributed by atoms with Crippen molar-refractivity contribution in [1.82, 2.24) is 9.88 Å². The van der Waals surface area contributed by atoms with Gasteiger partial charge in [-0.05, 0) is 49.1 Å². The fraction of sp³-hybridized carbons (Fsp3) is 0.500. The van der Waals surface area contributed by atoms with Crippen LogP contribution in [-0.2, 0) is 32.1 Å². The lowest BCUT2D eigenvalue weighted by molar-refractivity contribution is -0.193. The van der Waals surface area contributed by atoms with Crippen LogP contribution in [-0.4, -0.2) is 82.3 Å². The van der Waals surface area contributed by atoms with Gasteiger partial charge >= 0.3 is 24.3 Å². The van der Waals surface area contributed by atoms with Gasteiger partial charge in [-0.25, -0.2) is 9.59 Å². The zero-order valence-corrected chi connectivity index (χ0v) is 21.3. The van der Waals surface area contributed by atoms with Gasteiger partial charge in [-0.3, -0.25) is 4.98 Å². The van der Waals surface area contributed by atoms with Crippen LogP contribution in [0.2, 0.25) is 0 Å². The fourth-order valence-electron chi connectivity index (χ4n) is 4.20. The number of aromatic nitrogens is 1. The highest BCUT2D eigenvalue weighted by Crippen LogP contribution is 2.36. The standard InChI is InChI=1S/C22H28N2O2.2C2HF3O2/c1-2-5-19(6-3-1)9-14-24-13-4-10-22(18-24)15-21(17-26-22)25-16-20-7-11-23-12-8-20;2*3-2(4,5)1(6)7/h1-3,5-8,11-12,21H,4,9-10,13-18H2;2*(H,6,7)/t21-,22-;;/m0../s1. The van der Waals surface area contributed by atoms with Gasteiger partial charge in [-0.15, -0.1) is 0 Å². The third kappa shape index (κ3) is 11.9. The number of piperidine rings is 1. The second-order valence-corrected chi connectivity index (χ2v) is 9.21. The van der Waals surface area contributed by atoms with Crippen molar-refractivity contribution in [3.63, 3.8) is 0 Å². The first-order valence-corrected chi connectivity index (χ1v) is 12.2. The van der Waals surface area contributed by atoms with Crippen LogP contribution in [0.4, 0.5) is 26.3 Å². The third-order valence-corrected chi connectivity index (χ3v) is 6.07. The normalized spacial score (nSPS) is 21.1. The zero-order chi connectivity index (χ0) is 29.8. The number of alkyl halides is 6. The highest BCUT2D eigenvalue weighted by molar-refractivity contribution is 5.73. The number of carboxylic acid groups (broad SMARTS) is 2. The minimum absolute atomic E-state index is 0.00213. The summed E-state index contributed by atoms with van der Waals surface area (Å²) >= 11 is 0. The van der Waals surface area contributed by atoms with Gasteiger partial charge in [0.05, 0.1) is 24.9 Å². The molecule has 2 aromatic rings. The van der Waals surface area contributed by atoms with Gasteiger partial charge in [-0.2, -0.15) is 26.3 Å². The maximum atomic E-state index is 10.6. The molecule has 8 nitrogen and oxygen atoms in total. The van der Waals surface area contributed by atoms with Gasteiger partial charge in [0.15, 0.2) is 0 Å². The number of nitrogens with zero attached hydrogens (tertiary/aromatic N) is 2. The van der Waals surface area contributed by atoms with Crippen LogP contribution >= 0.6 is 0 Å². The molecule has 2 atom stereocenters. The Labute approximate surface area is 226 Å². The molecule has 40 heavy (non-hydrogen) atoms. The number of hydrogen-bond donors (Lipinski definition) is 2. The summed E-state index contributed by atoms with van der Waals surface area (Å²) in [4.78, 5) is 24.4. The van der Waals surface area contributed by atoms with Crippen molar-refractivity contribution in [2.24, 2.45) is 0 Å². The molecular formula is C26H30F6N2O6. The molecule has 2 aliphatic heterocycles. The number of carbonyl (C=O) groups is 2. The van der Waals surface area contributed by atoms with Crippen molar-refractivity contribution in [3.05, 3.63) is 66.0 Å². The summed E-state index contributed by atoms with van der Waals surface area (Å²) in [6.45, 7) is 4.69. The van der Waals surface area contributed by atoms with Crippen LogP contribution in [0.25, 0.3) is 0 Å². The Bertz CT molecular complexity index is 1030. The fourth-order valence-corrected chi connectivity index (χ4v) is 4.20. The molecule has 0 amide bonds.